The van der Waals surface area contributed by atoms with Crippen molar-refractivity contribution in [3.8, 4) is 0 Å². The molecule has 2 N–H and O–H groups in total. The minimum absolute atomic E-state index is 0.155. The molecule has 1 aliphatic rings. The largest absolute Gasteiger partial charge is 0.446 e. The van der Waals surface area contributed by atoms with E-state index in [0.717, 1.165) is 10.4 Å². The summed E-state index contributed by atoms with van der Waals surface area (Å²) in [7, 11) is -4.10. The van der Waals surface area contributed by atoms with Crippen molar-refractivity contribution < 1.29 is 30.8 Å². The second kappa shape index (κ2) is 8.07. The Kier molecular flexibility index (Phi) is 5.90. The van der Waals surface area contributed by atoms with Crippen molar-refractivity contribution in [1.29, 1.82) is 0 Å². The summed E-state index contributed by atoms with van der Waals surface area (Å²) >= 11 is 0. The number of nitrogens with zero attached hydrogens (tertiary/aromatic N) is 1. The van der Waals surface area contributed by atoms with Crippen LogP contribution in [-0.2, 0) is 10.0 Å². The van der Waals surface area contributed by atoms with Crippen LogP contribution in [0.25, 0.3) is 0 Å². The number of aryl methyl sites for hydroxylation is 1. The van der Waals surface area contributed by atoms with Crippen LogP contribution in [0.3, 0.4) is 0 Å². The van der Waals surface area contributed by atoms with Crippen molar-refractivity contribution in [2.45, 2.75) is 31.0 Å². The Morgan fingerprint density at radius 3 is 2.34 bits per heavy atom. The molecule has 0 unspecified atom stereocenters. The Labute approximate surface area is 165 Å². The first-order valence-corrected chi connectivity index (χ1v) is 10.3. The van der Waals surface area contributed by atoms with Crippen molar-refractivity contribution in [2.24, 2.45) is 5.92 Å². The van der Waals surface area contributed by atoms with E-state index in [4.69, 9.17) is 4.42 Å². The van der Waals surface area contributed by atoms with Gasteiger partial charge >= 0.3 is 12.2 Å². The summed E-state index contributed by atoms with van der Waals surface area (Å²) in [4.78, 5) is 12.1. The first-order chi connectivity index (χ1) is 13.6. The Balaban J connectivity index is 1.68. The number of rotatable bonds is 4. The molecule has 2 aromatic rings. The van der Waals surface area contributed by atoms with E-state index in [9.17, 15) is 26.4 Å². The summed E-state index contributed by atoms with van der Waals surface area (Å²) in [5, 5.41) is 4.67. The quantitative estimate of drug-likeness (QED) is 0.759. The van der Waals surface area contributed by atoms with E-state index < -0.39 is 33.2 Å². The number of alkyl halides is 3. The van der Waals surface area contributed by atoms with E-state index in [-0.39, 0.29) is 37.4 Å². The number of urea groups is 1. The monoisotopic (exact) mass is 431 g/mol. The van der Waals surface area contributed by atoms with E-state index in [2.05, 4.69) is 10.6 Å². The molecule has 1 aromatic carbocycles. The summed E-state index contributed by atoms with van der Waals surface area (Å²) < 4.78 is 70.0. The fourth-order valence-electron chi connectivity index (χ4n) is 3.06. The highest BCUT2D eigenvalue weighted by Gasteiger charge is 2.43. The molecule has 0 atom stereocenters. The fourth-order valence-corrected chi connectivity index (χ4v) is 4.51. The van der Waals surface area contributed by atoms with E-state index in [1.54, 1.807) is 30.3 Å². The lowest BCUT2D eigenvalue weighted by Gasteiger charge is -2.31. The zero-order valence-electron chi connectivity index (χ0n) is 15.5. The van der Waals surface area contributed by atoms with E-state index in [1.807, 2.05) is 0 Å². The molecule has 0 bridgehead atoms. The molecule has 0 spiro atoms. The third-order valence-corrected chi connectivity index (χ3v) is 6.44. The summed E-state index contributed by atoms with van der Waals surface area (Å²) in [6, 6.07) is 9.21. The van der Waals surface area contributed by atoms with Gasteiger partial charge in [0.25, 0.3) is 10.0 Å². The number of para-hydroxylation sites is 1. The lowest BCUT2D eigenvalue weighted by molar-refractivity contribution is -0.182. The van der Waals surface area contributed by atoms with Crippen LogP contribution in [0.1, 0.15) is 18.6 Å². The van der Waals surface area contributed by atoms with Gasteiger partial charge in [-0.05, 0) is 31.9 Å². The smallest absolute Gasteiger partial charge is 0.391 e. The van der Waals surface area contributed by atoms with E-state index in [1.165, 1.54) is 6.92 Å². The highest BCUT2D eigenvalue weighted by molar-refractivity contribution is 7.89. The van der Waals surface area contributed by atoms with Crippen molar-refractivity contribution in [3.05, 3.63) is 42.2 Å². The van der Waals surface area contributed by atoms with Gasteiger partial charge in [-0.3, -0.25) is 0 Å². The predicted octanol–water partition coefficient (Wildman–Crippen LogP) is 4.20. The highest BCUT2D eigenvalue weighted by Crippen LogP contribution is 2.36. The Morgan fingerprint density at radius 1 is 1.14 bits per heavy atom. The van der Waals surface area contributed by atoms with Crippen LogP contribution in [0.4, 0.5) is 29.3 Å². The van der Waals surface area contributed by atoms with Crippen molar-refractivity contribution in [1.82, 2.24) is 4.31 Å². The van der Waals surface area contributed by atoms with Gasteiger partial charge in [-0.2, -0.15) is 17.5 Å². The predicted molar refractivity (Wildman–Crippen MR) is 100 cm³/mol. The summed E-state index contributed by atoms with van der Waals surface area (Å²) in [5.74, 6) is -1.34. The Hall–Kier alpha value is -2.53. The van der Waals surface area contributed by atoms with E-state index in [0.29, 0.717) is 5.69 Å². The second-order valence-corrected chi connectivity index (χ2v) is 8.57. The standard InChI is InChI=1S/C18H20F3N3O4S/c1-12-15(23-17(25)22-14-5-3-2-4-6-14)11-16(28-12)29(26,27)24-9-7-13(8-10-24)18(19,20)21/h2-6,11,13H,7-10H2,1H3,(H2,22,23,25). The van der Waals surface area contributed by atoms with Crippen LogP contribution in [0.5, 0.6) is 0 Å². The summed E-state index contributed by atoms with van der Waals surface area (Å²) in [6.45, 7) is 0.986. The van der Waals surface area contributed by atoms with Gasteiger partial charge in [-0.1, -0.05) is 18.2 Å². The Morgan fingerprint density at radius 2 is 1.76 bits per heavy atom. The molecule has 1 fully saturated rings. The minimum atomic E-state index is -4.33. The number of sulfonamides is 1. The molecular formula is C18H20F3N3O4S. The number of furan rings is 1. The average Bonchev–Trinajstić information content (AvgIpc) is 3.03. The van der Waals surface area contributed by atoms with Gasteiger partial charge in [-0.25, -0.2) is 13.2 Å². The molecule has 1 saturated heterocycles. The number of halogens is 3. The maximum absolute atomic E-state index is 12.8. The summed E-state index contributed by atoms with van der Waals surface area (Å²) in [6.07, 6.45) is -4.93. The number of nitrogens with one attached hydrogen (secondary N) is 2. The second-order valence-electron chi connectivity index (χ2n) is 6.70. The molecular weight excluding hydrogens is 411 g/mol. The number of amides is 2. The van der Waals surface area contributed by atoms with Crippen molar-refractivity contribution >= 4 is 27.4 Å². The molecule has 0 aliphatic carbocycles. The zero-order chi connectivity index (χ0) is 21.2. The van der Waals surface area contributed by atoms with Gasteiger partial charge in [0.2, 0.25) is 5.09 Å². The number of carbonyl (C=O) groups excluding carboxylic acids is 1. The number of piperidine rings is 1. The first-order valence-electron chi connectivity index (χ1n) is 8.88. The lowest BCUT2D eigenvalue weighted by Crippen LogP contribution is -2.41. The van der Waals surface area contributed by atoms with Crippen molar-refractivity contribution in [2.75, 3.05) is 23.7 Å². The number of hydrogen-bond acceptors (Lipinski definition) is 4. The lowest BCUT2D eigenvalue weighted by atomic mass is 9.98. The van der Waals surface area contributed by atoms with Crippen LogP contribution in [0.15, 0.2) is 45.9 Å². The molecule has 2 heterocycles. The van der Waals surface area contributed by atoms with Crippen molar-refractivity contribution in [3.63, 3.8) is 0 Å². The number of carbonyl (C=O) groups is 1. The number of anilines is 2. The van der Waals surface area contributed by atoms with Crippen LogP contribution in [0, 0.1) is 12.8 Å². The normalized spacial score (nSPS) is 16.6. The van der Waals surface area contributed by atoms with Gasteiger partial charge in [0.05, 0.1) is 11.6 Å². The third kappa shape index (κ3) is 4.91. The molecule has 29 heavy (non-hydrogen) atoms. The fraction of sp³-hybridized carbons (Fsp3) is 0.389. The molecule has 2 amide bonds. The molecule has 0 saturated carbocycles. The van der Waals surface area contributed by atoms with Gasteiger partial charge in [-0.15, -0.1) is 0 Å². The number of hydrogen-bond donors (Lipinski definition) is 2. The highest BCUT2D eigenvalue weighted by atomic mass is 32.2. The average molecular weight is 431 g/mol. The molecule has 0 radical (unpaired) electrons. The Bertz CT molecular complexity index is 966. The van der Waals surface area contributed by atoms with Crippen LogP contribution in [0.2, 0.25) is 0 Å². The van der Waals surface area contributed by atoms with Gasteiger partial charge in [0.1, 0.15) is 5.76 Å². The summed E-state index contributed by atoms with van der Waals surface area (Å²) in [5.41, 5.74) is 0.703. The maximum atomic E-state index is 12.8. The van der Waals surface area contributed by atoms with Crippen LogP contribution < -0.4 is 10.6 Å². The SMILES string of the molecule is Cc1oc(S(=O)(=O)N2CCC(C(F)(F)F)CC2)cc1NC(=O)Nc1ccccc1. The zero-order valence-corrected chi connectivity index (χ0v) is 16.3. The topological polar surface area (TPSA) is 91.7 Å². The molecule has 1 aliphatic heterocycles. The minimum Gasteiger partial charge on any atom is -0.446 e. The molecule has 7 nitrogen and oxygen atoms in total. The molecule has 3 rings (SSSR count). The molecule has 158 valence electrons. The van der Waals surface area contributed by atoms with Crippen LogP contribution in [-0.4, -0.2) is 38.0 Å². The molecule has 11 heteroatoms. The maximum Gasteiger partial charge on any atom is 0.391 e. The molecule has 1 aromatic heterocycles. The van der Waals surface area contributed by atoms with Gasteiger partial charge < -0.3 is 15.1 Å². The van der Waals surface area contributed by atoms with E-state index >= 15 is 0 Å². The van der Waals surface area contributed by atoms with Gasteiger partial charge in [0.15, 0.2) is 0 Å². The number of benzene rings is 1. The third-order valence-electron chi connectivity index (χ3n) is 4.69. The first kappa shape index (κ1) is 21.2. The van der Waals surface area contributed by atoms with Gasteiger partial charge in [0, 0.05) is 24.8 Å². The van der Waals surface area contributed by atoms with Crippen LogP contribution >= 0.6 is 0 Å².